The molecule has 2 aliphatic rings. The number of piperidine rings is 1. The molecule has 0 atom stereocenters. The summed E-state index contributed by atoms with van der Waals surface area (Å²) in [6.45, 7) is 1.30. The molecular weight excluding hydrogens is 352 g/mol. The standard InChI is InChI=1S/C20H27ClN2O3/c21-17-8-4-5-9-18(17)26-14-19(24)23-12-10-16(11-13-23)22-20(25)15-6-2-1-3-7-15/h4-5,8-9,15-16H,1-3,6-7,10-14H2,(H,22,25). The minimum absolute atomic E-state index is 0.0111. The van der Waals surface area contributed by atoms with Gasteiger partial charge >= 0.3 is 0 Å². The van der Waals surface area contributed by atoms with Crippen molar-refractivity contribution in [1.82, 2.24) is 10.2 Å². The van der Waals surface area contributed by atoms with Gasteiger partial charge in [-0.15, -0.1) is 0 Å². The topological polar surface area (TPSA) is 58.6 Å². The fourth-order valence-electron chi connectivity index (χ4n) is 3.75. The van der Waals surface area contributed by atoms with Crippen molar-refractivity contribution >= 4 is 23.4 Å². The quantitative estimate of drug-likeness (QED) is 0.854. The van der Waals surface area contributed by atoms with E-state index in [9.17, 15) is 9.59 Å². The lowest BCUT2D eigenvalue weighted by Gasteiger charge is -2.33. The SMILES string of the molecule is O=C(NC1CCN(C(=O)COc2ccccc2Cl)CC1)C1CCCCC1. The zero-order valence-electron chi connectivity index (χ0n) is 15.1. The van der Waals surface area contributed by atoms with E-state index in [0.29, 0.717) is 23.9 Å². The highest BCUT2D eigenvalue weighted by Gasteiger charge is 2.27. The summed E-state index contributed by atoms with van der Waals surface area (Å²) in [7, 11) is 0. The third-order valence-corrected chi connectivity index (χ3v) is 5.67. The Morgan fingerprint density at radius 1 is 1.08 bits per heavy atom. The number of hydrogen-bond acceptors (Lipinski definition) is 3. The Morgan fingerprint density at radius 2 is 1.77 bits per heavy atom. The van der Waals surface area contributed by atoms with Crippen molar-refractivity contribution in [3.05, 3.63) is 29.3 Å². The van der Waals surface area contributed by atoms with Crippen LogP contribution in [0.15, 0.2) is 24.3 Å². The van der Waals surface area contributed by atoms with E-state index in [1.165, 1.54) is 6.42 Å². The van der Waals surface area contributed by atoms with Gasteiger partial charge in [0.25, 0.3) is 5.91 Å². The molecular formula is C20H27ClN2O3. The lowest BCUT2D eigenvalue weighted by molar-refractivity contribution is -0.134. The molecule has 1 aromatic carbocycles. The highest BCUT2D eigenvalue weighted by Crippen LogP contribution is 2.25. The number of benzene rings is 1. The second-order valence-electron chi connectivity index (χ2n) is 7.22. The van der Waals surface area contributed by atoms with Gasteiger partial charge in [0.1, 0.15) is 5.75 Å². The molecule has 0 unspecified atom stereocenters. The Morgan fingerprint density at radius 3 is 2.46 bits per heavy atom. The number of halogens is 1. The number of nitrogens with zero attached hydrogens (tertiary/aromatic N) is 1. The zero-order chi connectivity index (χ0) is 18.4. The van der Waals surface area contributed by atoms with E-state index in [2.05, 4.69) is 5.32 Å². The molecule has 142 valence electrons. The van der Waals surface area contributed by atoms with Gasteiger partial charge < -0.3 is 15.0 Å². The summed E-state index contributed by atoms with van der Waals surface area (Å²) < 4.78 is 5.53. The van der Waals surface area contributed by atoms with Gasteiger partial charge in [-0.25, -0.2) is 0 Å². The molecule has 1 aliphatic carbocycles. The maximum absolute atomic E-state index is 12.3. The monoisotopic (exact) mass is 378 g/mol. The first-order chi connectivity index (χ1) is 12.6. The molecule has 1 saturated heterocycles. The number of carbonyl (C=O) groups excluding carboxylic acids is 2. The lowest BCUT2D eigenvalue weighted by atomic mass is 9.88. The molecule has 6 heteroatoms. The number of amides is 2. The van der Waals surface area contributed by atoms with Gasteiger partial charge in [-0.3, -0.25) is 9.59 Å². The molecule has 0 spiro atoms. The van der Waals surface area contributed by atoms with Crippen molar-refractivity contribution in [2.45, 2.75) is 51.0 Å². The lowest BCUT2D eigenvalue weighted by Crippen LogP contribution is -2.48. The minimum Gasteiger partial charge on any atom is -0.482 e. The number of rotatable bonds is 5. The Labute approximate surface area is 160 Å². The maximum atomic E-state index is 12.3. The molecule has 2 amide bonds. The fourth-order valence-corrected chi connectivity index (χ4v) is 3.94. The van der Waals surface area contributed by atoms with Gasteiger partial charge in [0.15, 0.2) is 6.61 Å². The first kappa shape index (κ1) is 19.0. The van der Waals surface area contributed by atoms with Gasteiger partial charge in [-0.2, -0.15) is 0 Å². The average molecular weight is 379 g/mol. The first-order valence-corrected chi connectivity index (χ1v) is 9.97. The number of para-hydroxylation sites is 1. The predicted molar refractivity (Wildman–Crippen MR) is 101 cm³/mol. The molecule has 2 fully saturated rings. The van der Waals surface area contributed by atoms with Gasteiger partial charge in [0.05, 0.1) is 5.02 Å². The number of nitrogens with one attached hydrogen (secondary N) is 1. The summed E-state index contributed by atoms with van der Waals surface area (Å²) in [6.07, 6.45) is 7.21. The Bertz CT molecular complexity index is 623. The average Bonchev–Trinajstić information content (AvgIpc) is 2.68. The summed E-state index contributed by atoms with van der Waals surface area (Å²) in [5.41, 5.74) is 0. The molecule has 0 radical (unpaired) electrons. The van der Waals surface area contributed by atoms with Crippen molar-refractivity contribution in [3.8, 4) is 5.75 Å². The van der Waals surface area contributed by atoms with Crippen molar-refractivity contribution in [1.29, 1.82) is 0 Å². The van der Waals surface area contributed by atoms with Crippen LogP contribution in [-0.4, -0.2) is 42.5 Å². The number of ether oxygens (including phenoxy) is 1. The van der Waals surface area contributed by atoms with Crippen LogP contribution in [-0.2, 0) is 9.59 Å². The van der Waals surface area contributed by atoms with Gasteiger partial charge in [-0.1, -0.05) is 43.0 Å². The van der Waals surface area contributed by atoms with E-state index in [4.69, 9.17) is 16.3 Å². The van der Waals surface area contributed by atoms with Crippen molar-refractivity contribution in [3.63, 3.8) is 0 Å². The smallest absolute Gasteiger partial charge is 0.260 e. The minimum atomic E-state index is -0.0398. The molecule has 26 heavy (non-hydrogen) atoms. The molecule has 1 saturated carbocycles. The Hall–Kier alpha value is -1.75. The number of likely N-dealkylation sites (tertiary alicyclic amines) is 1. The molecule has 3 rings (SSSR count). The van der Waals surface area contributed by atoms with Crippen LogP contribution < -0.4 is 10.1 Å². The normalized spacial score (nSPS) is 19.2. The third-order valence-electron chi connectivity index (χ3n) is 5.36. The molecule has 1 N–H and O–H groups in total. The highest BCUT2D eigenvalue weighted by atomic mass is 35.5. The van der Waals surface area contributed by atoms with Gasteiger partial charge in [0.2, 0.25) is 5.91 Å². The van der Waals surface area contributed by atoms with Crippen LogP contribution in [0.25, 0.3) is 0 Å². The zero-order valence-corrected chi connectivity index (χ0v) is 15.8. The van der Waals surface area contributed by atoms with Crippen molar-refractivity contribution in [2.75, 3.05) is 19.7 Å². The van der Waals surface area contributed by atoms with E-state index in [1.54, 1.807) is 17.0 Å². The maximum Gasteiger partial charge on any atom is 0.260 e. The van der Waals surface area contributed by atoms with E-state index < -0.39 is 0 Å². The van der Waals surface area contributed by atoms with Crippen LogP contribution in [0, 0.1) is 5.92 Å². The highest BCUT2D eigenvalue weighted by molar-refractivity contribution is 6.32. The van der Waals surface area contributed by atoms with Crippen LogP contribution >= 0.6 is 11.6 Å². The first-order valence-electron chi connectivity index (χ1n) is 9.59. The molecule has 1 aliphatic heterocycles. The summed E-state index contributed by atoms with van der Waals surface area (Å²) in [4.78, 5) is 26.5. The second-order valence-corrected chi connectivity index (χ2v) is 7.62. The Balaban J connectivity index is 1.39. The van der Waals surface area contributed by atoms with Crippen LogP contribution in [0.4, 0.5) is 0 Å². The van der Waals surface area contributed by atoms with Gasteiger partial charge in [-0.05, 0) is 37.8 Å². The molecule has 1 aromatic rings. The fraction of sp³-hybridized carbons (Fsp3) is 0.600. The summed E-state index contributed by atoms with van der Waals surface area (Å²) in [5.74, 6) is 0.878. The van der Waals surface area contributed by atoms with E-state index >= 15 is 0 Å². The summed E-state index contributed by atoms with van der Waals surface area (Å²) in [5, 5.41) is 3.69. The van der Waals surface area contributed by atoms with Crippen LogP contribution in [0.1, 0.15) is 44.9 Å². The largest absolute Gasteiger partial charge is 0.482 e. The van der Waals surface area contributed by atoms with Crippen LogP contribution in [0.3, 0.4) is 0 Å². The van der Waals surface area contributed by atoms with Gasteiger partial charge in [0, 0.05) is 25.0 Å². The van der Waals surface area contributed by atoms with Crippen LogP contribution in [0.5, 0.6) is 5.75 Å². The Kier molecular flexibility index (Phi) is 6.78. The predicted octanol–water partition coefficient (Wildman–Crippen LogP) is 3.41. The van der Waals surface area contributed by atoms with Crippen LogP contribution in [0.2, 0.25) is 5.02 Å². The molecule has 0 bridgehead atoms. The molecule has 0 aromatic heterocycles. The third kappa shape index (κ3) is 5.13. The molecule has 5 nitrogen and oxygen atoms in total. The number of hydrogen-bond donors (Lipinski definition) is 1. The van der Waals surface area contributed by atoms with Crippen molar-refractivity contribution in [2.24, 2.45) is 5.92 Å². The van der Waals surface area contributed by atoms with E-state index in [1.807, 2.05) is 12.1 Å². The number of carbonyl (C=O) groups is 2. The summed E-state index contributed by atoms with van der Waals surface area (Å²) >= 11 is 6.03. The van der Waals surface area contributed by atoms with Crippen molar-refractivity contribution < 1.29 is 14.3 Å². The summed E-state index contributed by atoms with van der Waals surface area (Å²) in [6, 6.07) is 7.32. The molecule has 1 heterocycles. The second kappa shape index (κ2) is 9.26. The van der Waals surface area contributed by atoms with E-state index in [-0.39, 0.29) is 30.4 Å². The van der Waals surface area contributed by atoms with E-state index in [0.717, 1.165) is 38.5 Å².